The summed E-state index contributed by atoms with van der Waals surface area (Å²) in [5, 5.41) is 3.92. The zero-order chi connectivity index (χ0) is 16.4. The Labute approximate surface area is 131 Å². The van der Waals surface area contributed by atoms with Crippen molar-refractivity contribution in [1.29, 1.82) is 0 Å². The van der Waals surface area contributed by atoms with E-state index in [0.717, 1.165) is 17.2 Å². The van der Waals surface area contributed by atoms with Crippen molar-refractivity contribution in [3.05, 3.63) is 65.6 Å². The summed E-state index contributed by atoms with van der Waals surface area (Å²) in [5.74, 6) is -1.60. The lowest BCUT2D eigenvalue weighted by molar-refractivity contribution is 0.167. The summed E-state index contributed by atoms with van der Waals surface area (Å²) in [7, 11) is 0. The molecule has 1 heterocycles. The molecule has 0 saturated carbocycles. The van der Waals surface area contributed by atoms with E-state index in [1.54, 1.807) is 6.92 Å². The van der Waals surface area contributed by atoms with E-state index in [2.05, 4.69) is 10.1 Å². The predicted molar refractivity (Wildman–Crippen MR) is 79.9 cm³/mol. The van der Waals surface area contributed by atoms with Gasteiger partial charge in [0.2, 0.25) is 11.6 Å². The second-order valence-electron chi connectivity index (χ2n) is 5.08. The van der Waals surface area contributed by atoms with Crippen LogP contribution in [0.2, 0.25) is 0 Å². The number of aryl methyl sites for hydroxylation is 1. The first-order chi connectivity index (χ1) is 11.1. The van der Waals surface area contributed by atoms with E-state index in [1.165, 1.54) is 12.1 Å². The third-order valence-electron chi connectivity index (χ3n) is 3.40. The zero-order valence-electron chi connectivity index (χ0n) is 12.6. The fourth-order valence-corrected chi connectivity index (χ4v) is 2.15. The molecule has 0 N–H and O–H groups in total. The first kappa shape index (κ1) is 15.1. The van der Waals surface area contributed by atoms with Gasteiger partial charge in [-0.1, -0.05) is 35.5 Å². The fourth-order valence-electron chi connectivity index (χ4n) is 2.15. The highest BCUT2D eigenvalue weighted by atomic mass is 19.2. The van der Waals surface area contributed by atoms with Crippen LogP contribution in [0.3, 0.4) is 0 Å². The van der Waals surface area contributed by atoms with E-state index < -0.39 is 17.7 Å². The van der Waals surface area contributed by atoms with Crippen LogP contribution < -0.4 is 4.74 Å². The number of nitrogens with zero attached hydrogens (tertiary/aromatic N) is 2. The number of ether oxygens (including phenoxy) is 1. The molecular formula is C17H14F2N2O2. The molecule has 3 aromatic rings. The Balaban J connectivity index is 1.83. The molecule has 1 atom stereocenters. The number of rotatable bonds is 4. The molecule has 0 spiro atoms. The van der Waals surface area contributed by atoms with Crippen molar-refractivity contribution >= 4 is 0 Å². The van der Waals surface area contributed by atoms with Gasteiger partial charge in [-0.3, -0.25) is 0 Å². The van der Waals surface area contributed by atoms with Crippen LogP contribution in [0.25, 0.3) is 11.4 Å². The van der Waals surface area contributed by atoms with E-state index in [9.17, 15) is 8.78 Å². The number of aromatic nitrogens is 2. The Morgan fingerprint density at radius 2 is 1.87 bits per heavy atom. The lowest BCUT2D eigenvalue weighted by Gasteiger charge is -2.11. The van der Waals surface area contributed by atoms with Gasteiger partial charge in [0, 0.05) is 5.56 Å². The summed E-state index contributed by atoms with van der Waals surface area (Å²) in [5.41, 5.74) is 1.84. The van der Waals surface area contributed by atoms with Gasteiger partial charge >= 0.3 is 0 Å². The lowest BCUT2D eigenvalue weighted by Crippen LogP contribution is -2.05. The van der Waals surface area contributed by atoms with Gasteiger partial charge in [0.05, 0.1) is 0 Å². The minimum atomic E-state index is -1.04. The van der Waals surface area contributed by atoms with E-state index in [0.29, 0.717) is 5.82 Å². The summed E-state index contributed by atoms with van der Waals surface area (Å²) in [6.07, 6.45) is -0.712. The second-order valence-corrected chi connectivity index (χ2v) is 5.08. The molecule has 0 radical (unpaired) electrons. The van der Waals surface area contributed by atoms with Gasteiger partial charge in [-0.15, -0.1) is 0 Å². The van der Waals surface area contributed by atoms with Crippen molar-refractivity contribution in [2.45, 2.75) is 20.0 Å². The Kier molecular flexibility index (Phi) is 4.06. The van der Waals surface area contributed by atoms with Crippen molar-refractivity contribution in [2.75, 3.05) is 0 Å². The molecule has 0 bridgehead atoms. The minimum Gasteiger partial charge on any atom is -0.478 e. The smallest absolute Gasteiger partial charge is 0.267 e. The molecule has 0 aliphatic heterocycles. The summed E-state index contributed by atoms with van der Waals surface area (Å²) >= 11 is 0. The molecule has 0 aliphatic carbocycles. The van der Waals surface area contributed by atoms with Gasteiger partial charge in [0.15, 0.2) is 17.7 Å². The van der Waals surface area contributed by atoms with Crippen molar-refractivity contribution in [3.63, 3.8) is 0 Å². The molecule has 0 saturated heterocycles. The first-order valence-electron chi connectivity index (χ1n) is 7.06. The largest absolute Gasteiger partial charge is 0.478 e. The lowest BCUT2D eigenvalue weighted by atomic mass is 10.1. The molecule has 1 aromatic heterocycles. The topological polar surface area (TPSA) is 48.2 Å². The maximum Gasteiger partial charge on any atom is 0.267 e. The molecule has 0 aliphatic rings. The van der Waals surface area contributed by atoms with E-state index >= 15 is 0 Å². The molecule has 0 amide bonds. The Morgan fingerprint density at radius 3 is 2.65 bits per heavy atom. The number of hydrogen-bond acceptors (Lipinski definition) is 4. The van der Waals surface area contributed by atoms with Crippen LogP contribution >= 0.6 is 0 Å². The van der Waals surface area contributed by atoms with E-state index in [4.69, 9.17) is 9.26 Å². The third-order valence-corrected chi connectivity index (χ3v) is 3.40. The Bertz CT molecular complexity index is 833. The molecule has 4 nitrogen and oxygen atoms in total. The quantitative estimate of drug-likeness (QED) is 0.713. The van der Waals surface area contributed by atoms with Crippen LogP contribution in [0, 0.1) is 18.6 Å². The normalized spacial score (nSPS) is 12.2. The van der Waals surface area contributed by atoms with Crippen LogP contribution in [-0.4, -0.2) is 10.1 Å². The molecule has 3 rings (SSSR count). The average molecular weight is 316 g/mol. The molecule has 0 unspecified atom stereocenters. The predicted octanol–water partition coefficient (Wildman–Crippen LogP) is 4.46. The summed E-state index contributed by atoms with van der Waals surface area (Å²) in [6.45, 7) is 3.56. The van der Waals surface area contributed by atoms with Gasteiger partial charge in [-0.05, 0) is 31.5 Å². The first-order valence-corrected chi connectivity index (χ1v) is 7.06. The van der Waals surface area contributed by atoms with Crippen molar-refractivity contribution < 1.29 is 18.0 Å². The molecular weight excluding hydrogens is 302 g/mol. The fraction of sp³-hybridized carbons (Fsp3) is 0.176. The Morgan fingerprint density at radius 1 is 1.09 bits per heavy atom. The van der Waals surface area contributed by atoms with Gasteiger partial charge < -0.3 is 9.26 Å². The monoisotopic (exact) mass is 316 g/mol. The molecule has 2 aromatic carbocycles. The average Bonchev–Trinajstić information content (AvgIpc) is 3.02. The highest BCUT2D eigenvalue weighted by Gasteiger charge is 2.20. The Hall–Kier alpha value is -2.76. The molecule has 0 fully saturated rings. The highest BCUT2D eigenvalue weighted by Crippen LogP contribution is 2.27. The standard InChI is InChI=1S/C17H14F2N2O2/c1-10-6-3-4-7-12(10)16-20-17(23-21-16)11(2)22-14-9-5-8-13(18)15(14)19/h3-9,11H,1-2H3/t11-/m0/s1. The SMILES string of the molecule is Cc1ccccc1-c1noc([C@H](C)Oc2cccc(F)c2F)n1. The van der Waals surface area contributed by atoms with Crippen LogP contribution in [0.4, 0.5) is 8.78 Å². The van der Waals surface area contributed by atoms with Crippen molar-refractivity contribution in [3.8, 4) is 17.1 Å². The summed E-state index contributed by atoms with van der Waals surface area (Å²) < 4.78 is 37.4. The summed E-state index contributed by atoms with van der Waals surface area (Å²) in [4.78, 5) is 4.27. The van der Waals surface area contributed by atoms with Gasteiger partial charge in [-0.25, -0.2) is 4.39 Å². The zero-order valence-corrected chi connectivity index (χ0v) is 12.6. The minimum absolute atomic E-state index is 0.187. The van der Waals surface area contributed by atoms with Crippen LogP contribution in [0.1, 0.15) is 24.5 Å². The van der Waals surface area contributed by atoms with E-state index in [-0.39, 0.29) is 11.6 Å². The third kappa shape index (κ3) is 3.06. The summed E-state index contributed by atoms with van der Waals surface area (Å²) in [6, 6.07) is 11.3. The maximum absolute atomic E-state index is 13.6. The molecule has 6 heteroatoms. The van der Waals surface area contributed by atoms with Gasteiger partial charge in [-0.2, -0.15) is 9.37 Å². The van der Waals surface area contributed by atoms with Gasteiger partial charge in [0.1, 0.15) is 0 Å². The maximum atomic E-state index is 13.6. The van der Waals surface area contributed by atoms with Crippen molar-refractivity contribution in [1.82, 2.24) is 10.1 Å². The number of benzene rings is 2. The second kappa shape index (κ2) is 6.16. The van der Waals surface area contributed by atoms with Gasteiger partial charge in [0.25, 0.3) is 5.89 Å². The molecule has 118 valence electrons. The van der Waals surface area contributed by atoms with Crippen LogP contribution in [0.5, 0.6) is 5.75 Å². The van der Waals surface area contributed by atoms with Crippen LogP contribution in [-0.2, 0) is 0 Å². The molecule has 23 heavy (non-hydrogen) atoms. The van der Waals surface area contributed by atoms with Crippen molar-refractivity contribution in [2.24, 2.45) is 0 Å². The number of hydrogen-bond donors (Lipinski definition) is 0. The highest BCUT2D eigenvalue weighted by molar-refractivity contribution is 5.58. The number of halogens is 2. The van der Waals surface area contributed by atoms with Crippen LogP contribution in [0.15, 0.2) is 47.0 Å². The van der Waals surface area contributed by atoms with E-state index in [1.807, 2.05) is 31.2 Å².